The molecule has 170 valence electrons. The number of thiazole rings is 1. The monoisotopic (exact) mass is 469 g/mol. The average molecular weight is 470 g/mol. The second kappa shape index (κ2) is 8.01. The van der Waals surface area contributed by atoms with Crippen LogP contribution in [0.4, 0.5) is 5.13 Å². The van der Waals surface area contributed by atoms with Crippen molar-refractivity contribution in [1.29, 1.82) is 0 Å². The van der Waals surface area contributed by atoms with E-state index in [9.17, 15) is 0 Å². The lowest BCUT2D eigenvalue weighted by molar-refractivity contribution is 0.161. The number of hydrogen-bond donors (Lipinski definition) is 1. The Balaban J connectivity index is 0.00000245. The van der Waals surface area contributed by atoms with Crippen LogP contribution in [0.25, 0.3) is 27.0 Å². The minimum absolute atomic E-state index is 0. The lowest BCUT2D eigenvalue weighted by Gasteiger charge is -2.48. The van der Waals surface area contributed by atoms with Gasteiger partial charge in [-0.2, -0.15) is 0 Å². The van der Waals surface area contributed by atoms with Gasteiger partial charge < -0.3 is 14.6 Å². The molecular formula is C25H32ClN5S. The topological polar surface area (TPSA) is 45.5 Å². The number of hydrogen-bond acceptors (Lipinski definition) is 5. The maximum absolute atomic E-state index is 4.98. The van der Waals surface area contributed by atoms with Gasteiger partial charge in [0.05, 0.1) is 15.9 Å². The highest BCUT2D eigenvalue weighted by Gasteiger charge is 2.39. The van der Waals surface area contributed by atoms with E-state index in [1.807, 2.05) is 6.92 Å². The summed E-state index contributed by atoms with van der Waals surface area (Å²) < 4.78 is 3.33. The van der Waals surface area contributed by atoms with Crippen LogP contribution in [0.3, 0.4) is 0 Å². The molecule has 0 aliphatic carbocycles. The fourth-order valence-electron chi connectivity index (χ4n) is 5.23. The molecule has 0 spiro atoms. The van der Waals surface area contributed by atoms with Gasteiger partial charge in [0.15, 0.2) is 5.13 Å². The molecule has 7 heteroatoms. The fraction of sp³-hybridized carbons (Fsp3) is 0.440. The number of aromatic nitrogens is 3. The van der Waals surface area contributed by atoms with Crippen LogP contribution in [0, 0.1) is 6.92 Å². The first kappa shape index (κ1) is 23.0. The predicted octanol–water partition coefficient (Wildman–Crippen LogP) is 6.09. The van der Waals surface area contributed by atoms with Crippen molar-refractivity contribution >= 4 is 44.7 Å². The van der Waals surface area contributed by atoms with Gasteiger partial charge in [0, 0.05) is 36.6 Å². The summed E-state index contributed by atoms with van der Waals surface area (Å²) in [6.45, 7) is 11.2. The second-order valence-corrected chi connectivity index (χ2v) is 11.3. The van der Waals surface area contributed by atoms with Gasteiger partial charge in [0.25, 0.3) is 0 Å². The van der Waals surface area contributed by atoms with E-state index in [1.54, 1.807) is 11.3 Å². The van der Waals surface area contributed by atoms with Crippen LogP contribution in [0.5, 0.6) is 0 Å². The molecule has 1 aliphatic rings. The van der Waals surface area contributed by atoms with E-state index in [0.717, 1.165) is 34.8 Å². The SMILES string of the molecule is Cc1cn2cc(-c3ccc4nc(N(C)C5CC(C)(C)NC(C)(C)C5)sc4c3)ccc2n1.Cl. The minimum Gasteiger partial charge on any atom is -0.348 e. The molecular weight excluding hydrogens is 438 g/mol. The summed E-state index contributed by atoms with van der Waals surface area (Å²) in [6.07, 6.45) is 6.44. The van der Waals surface area contributed by atoms with E-state index < -0.39 is 0 Å². The molecule has 1 fully saturated rings. The molecule has 4 aromatic rings. The summed E-state index contributed by atoms with van der Waals surface area (Å²) >= 11 is 1.79. The molecule has 0 unspecified atom stereocenters. The largest absolute Gasteiger partial charge is 0.348 e. The molecule has 0 atom stereocenters. The Morgan fingerprint density at radius 3 is 2.41 bits per heavy atom. The predicted molar refractivity (Wildman–Crippen MR) is 139 cm³/mol. The van der Waals surface area contributed by atoms with E-state index in [0.29, 0.717) is 6.04 Å². The number of nitrogens with zero attached hydrogens (tertiary/aromatic N) is 4. The molecule has 5 rings (SSSR count). The smallest absolute Gasteiger partial charge is 0.186 e. The van der Waals surface area contributed by atoms with Crippen molar-refractivity contribution in [3.63, 3.8) is 0 Å². The first-order valence-electron chi connectivity index (χ1n) is 11.0. The van der Waals surface area contributed by atoms with Gasteiger partial charge in [0.2, 0.25) is 0 Å². The van der Waals surface area contributed by atoms with Gasteiger partial charge in [-0.05, 0) is 82.9 Å². The zero-order chi connectivity index (χ0) is 22.0. The molecule has 1 saturated heterocycles. The zero-order valence-electron chi connectivity index (χ0n) is 19.6. The molecule has 1 aliphatic heterocycles. The van der Waals surface area contributed by atoms with Crippen molar-refractivity contribution in [3.8, 4) is 11.1 Å². The first-order valence-corrected chi connectivity index (χ1v) is 11.8. The minimum atomic E-state index is 0. The van der Waals surface area contributed by atoms with Gasteiger partial charge in [0.1, 0.15) is 5.65 Å². The van der Waals surface area contributed by atoms with Crippen molar-refractivity contribution in [2.24, 2.45) is 0 Å². The number of anilines is 1. The van der Waals surface area contributed by atoms with Gasteiger partial charge in [-0.1, -0.05) is 17.4 Å². The Morgan fingerprint density at radius 1 is 1.00 bits per heavy atom. The summed E-state index contributed by atoms with van der Waals surface area (Å²) in [6, 6.07) is 11.3. The zero-order valence-corrected chi connectivity index (χ0v) is 21.3. The van der Waals surface area contributed by atoms with E-state index in [1.165, 1.54) is 15.8 Å². The van der Waals surface area contributed by atoms with Crippen molar-refractivity contribution < 1.29 is 0 Å². The van der Waals surface area contributed by atoms with Crippen LogP contribution < -0.4 is 10.2 Å². The molecule has 3 aromatic heterocycles. The summed E-state index contributed by atoms with van der Waals surface area (Å²) in [4.78, 5) is 11.9. The molecule has 0 radical (unpaired) electrons. The van der Waals surface area contributed by atoms with Crippen molar-refractivity contribution in [3.05, 3.63) is 48.4 Å². The molecule has 32 heavy (non-hydrogen) atoms. The maximum atomic E-state index is 4.98. The Kier molecular flexibility index (Phi) is 5.76. The van der Waals surface area contributed by atoms with Crippen molar-refractivity contribution in [2.45, 2.75) is 64.6 Å². The third kappa shape index (κ3) is 4.36. The van der Waals surface area contributed by atoms with Crippen LogP contribution in [-0.4, -0.2) is 38.5 Å². The molecule has 0 saturated carbocycles. The van der Waals surface area contributed by atoms with E-state index in [-0.39, 0.29) is 23.5 Å². The number of halogens is 1. The van der Waals surface area contributed by atoms with Crippen molar-refractivity contribution in [1.82, 2.24) is 19.7 Å². The summed E-state index contributed by atoms with van der Waals surface area (Å²) in [5.41, 5.74) is 5.73. The van der Waals surface area contributed by atoms with Gasteiger partial charge >= 0.3 is 0 Å². The van der Waals surface area contributed by atoms with Gasteiger partial charge in [-0.3, -0.25) is 0 Å². The lowest BCUT2D eigenvalue weighted by Crippen LogP contribution is -2.61. The number of pyridine rings is 1. The van der Waals surface area contributed by atoms with E-state index >= 15 is 0 Å². The summed E-state index contributed by atoms with van der Waals surface area (Å²) in [5, 5.41) is 4.89. The molecule has 0 amide bonds. The number of piperidine rings is 1. The molecule has 5 nitrogen and oxygen atoms in total. The Hall–Kier alpha value is -2.15. The third-order valence-corrected chi connectivity index (χ3v) is 7.41. The highest BCUT2D eigenvalue weighted by atomic mass is 35.5. The van der Waals surface area contributed by atoms with Crippen LogP contribution in [0.1, 0.15) is 46.2 Å². The standard InChI is InChI=1S/C25H31N5S.ClH/c1-16-14-30-15-18(8-10-22(30)26-16)17-7-9-20-21(11-17)31-23(27-20)29(6)19-12-24(2,3)28-25(4,5)13-19;/h7-11,14-15,19,28H,12-13H2,1-6H3;1H. The van der Waals surface area contributed by atoms with Crippen LogP contribution in [0.2, 0.25) is 0 Å². The molecule has 0 bridgehead atoms. The Labute approximate surface area is 200 Å². The number of nitrogens with one attached hydrogen (secondary N) is 1. The number of benzene rings is 1. The van der Waals surface area contributed by atoms with Crippen LogP contribution in [-0.2, 0) is 0 Å². The number of aryl methyl sites for hydroxylation is 1. The Bertz CT molecular complexity index is 1260. The number of fused-ring (bicyclic) bond motifs is 2. The summed E-state index contributed by atoms with van der Waals surface area (Å²) in [7, 11) is 2.20. The third-order valence-electron chi connectivity index (χ3n) is 6.30. The fourth-order valence-corrected chi connectivity index (χ4v) is 6.27. The van der Waals surface area contributed by atoms with Crippen LogP contribution >= 0.6 is 23.7 Å². The molecule has 4 heterocycles. The second-order valence-electron chi connectivity index (χ2n) is 10.3. The highest BCUT2D eigenvalue weighted by molar-refractivity contribution is 7.22. The van der Waals surface area contributed by atoms with E-state index in [2.05, 4.69) is 97.1 Å². The normalized spacial score (nSPS) is 18.1. The quantitative estimate of drug-likeness (QED) is 0.394. The molecule has 1 aromatic carbocycles. The van der Waals surface area contributed by atoms with Crippen molar-refractivity contribution in [2.75, 3.05) is 11.9 Å². The lowest BCUT2D eigenvalue weighted by atomic mass is 9.79. The van der Waals surface area contributed by atoms with Gasteiger partial charge in [-0.25, -0.2) is 9.97 Å². The average Bonchev–Trinajstić information content (AvgIpc) is 3.25. The first-order chi connectivity index (χ1) is 14.6. The number of imidazole rings is 1. The highest BCUT2D eigenvalue weighted by Crippen LogP contribution is 2.37. The summed E-state index contributed by atoms with van der Waals surface area (Å²) in [5.74, 6) is 0. The van der Waals surface area contributed by atoms with Crippen LogP contribution in [0.15, 0.2) is 42.7 Å². The van der Waals surface area contributed by atoms with Gasteiger partial charge in [-0.15, -0.1) is 12.4 Å². The van der Waals surface area contributed by atoms with E-state index in [4.69, 9.17) is 4.98 Å². The number of rotatable bonds is 3. The molecule has 1 N–H and O–H groups in total. The maximum Gasteiger partial charge on any atom is 0.186 e. The Morgan fingerprint density at radius 2 is 1.69 bits per heavy atom.